The van der Waals surface area contributed by atoms with E-state index < -0.39 is 11.5 Å². The Morgan fingerprint density at radius 3 is 2.63 bits per heavy atom. The van der Waals surface area contributed by atoms with Crippen LogP contribution in [0.2, 0.25) is 0 Å². The van der Waals surface area contributed by atoms with Crippen LogP contribution in [0.5, 0.6) is 23.0 Å². The minimum Gasteiger partial charge on any atom is -0.497 e. The molecule has 1 unspecified atom stereocenters. The molecule has 0 bridgehead atoms. The SMILES string of the molecule is COc1ccc2c(c1)OC1(CCN(C(=O)C3CC(=O)N(c4ccc5c(c4)OCO5)C3)CC1)CC2=O. The molecule has 0 aliphatic carbocycles. The average molecular weight is 479 g/mol. The number of anilines is 1. The number of Topliss-reactive ketones (excluding diaryl/α,β-unsaturated/α-hetero) is 1. The first-order valence-corrected chi connectivity index (χ1v) is 11.8. The second kappa shape index (κ2) is 8.18. The minimum atomic E-state index is -0.614. The van der Waals surface area contributed by atoms with Gasteiger partial charge in [0.15, 0.2) is 17.3 Å². The van der Waals surface area contributed by atoms with Gasteiger partial charge in [-0.25, -0.2) is 0 Å². The van der Waals surface area contributed by atoms with E-state index in [2.05, 4.69) is 0 Å². The van der Waals surface area contributed by atoms with Crippen LogP contribution < -0.4 is 23.8 Å². The molecule has 0 radical (unpaired) electrons. The molecule has 1 spiro atoms. The van der Waals surface area contributed by atoms with Crippen molar-refractivity contribution in [2.45, 2.75) is 31.3 Å². The number of piperidine rings is 1. The molecule has 1 atom stereocenters. The second-order valence-electron chi connectivity index (χ2n) is 9.52. The van der Waals surface area contributed by atoms with Gasteiger partial charge in [0.2, 0.25) is 18.6 Å². The summed E-state index contributed by atoms with van der Waals surface area (Å²) in [6.45, 7) is 1.47. The molecule has 0 N–H and O–H groups in total. The number of methoxy groups -OCH3 is 1. The molecule has 2 saturated heterocycles. The third-order valence-corrected chi connectivity index (χ3v) is 7.43. The van der Waals surface area contributed by atoms with E-state index in [0.29, 0.717) is 73.1 Å². The third kappa shape index (κ3) is 3.75. The number of benzene rings is 2. The predicted molar refractivity (Wildman–Crippen MR) is 124 cm³/mol. The van der Waals surface area contributed by atoms with E-state index in [-0.39, 0.29) is 30.8 Å². The van der Waals surface area contributed by atoms with Crippen molar-refractivity contribution in [1.82, 2.24) is 4.90 Å². The summed E-state index contributed by atoms with van der Waals surface area (Å²) in [7, 11) is 1.58. The Bertz CT molecular complexity index is 1220. The summed E-state index contributed by atoms with van der Waals surface area (Å²) in [5.74, 6) is 1.98. The number of hydrogen-bond donors (Lipinski definition) is 0. The summed E-state index contributed by atoms with van der Waals surface area (Å²) in [5.41, 5.74) is 0.662. The first kappa shape index (κ1) is 21.8. The van der Waals surface area contributed by atoms with E-state index in [1.165, 1.54) is 0 Å². The lowest BCUT2D eigenvalue weighted by atomic mass is 9.82. The van der Waals surface area contributed by atoms with Crippen molar-refractivity contribution in [3.05, 3.63) is 42.0 Å². The van der Waals surface area contributed by atoms with Gasteiger partial charge in [-0.15, -0.1) is 0 Å². The molecule has 2 aromatic rings. The molecule has 2 amide bonds. The molecule has 9 heteroatoms. The van der Waals surface area contributed by atoms with Gasteiger partial charge in [-0.3, -0.25) is 14.4 Å². The van der Waals surface area contributed by atoms with E-state index in [1.807, 2.05) is 6.07 Å². The normalized spacial score (nSPS) is 22.3. The Balaban J connectivity index is 1.11. The van der Waals surface area contributed by atoms with Crippen molar-refractivity contribution in [1.29, 1.82) is 0 Å². The maximum absolute atomic E-state index is 13.3. The fourth-order valence-corrected chi connectivity index (χ4v) is 5.45. The third-order valence-electron chi connectivity index (χ3n) is 7.43. The number of fused-ring (bicyclic) bond motifs is 2. The Labute approximate surface area is 202 Å². The van der Waals surface area contributed by atoms with Crippen LogP contribution in [-0.2, 0) is 9.59 Å². The van der Waals surface area contributed by atoms with E-state index in [9.17, 15) is 14.4 Å². The summed E-state index contributed by atoms with van der Waals surface area (Å²) < 4.78 is 22.4. The van der Waals surface area contributed by atoms with Crippen LogP contribution in [0.25, 0.3) is 0 Å². The van der Waals surface area contributed by atoms with Gasteiger partial charge in [0, 0.05) is 56.7 Å². The highest BCUT2D eigenvalue weighted by Gasteiger charge is 2.45. The molecular formula is C26H26N2O7. The van der Waals surface area contributed by atoms with Crippen LogP contribution in [0.15, 0.2) is 36.4 Å². The van der Waals surface area contributed by atoms with Crippen molar-refractivity contribution in [3.63, 3.8) is 0 Å². The van der Waals surface area contributed by atoms with Gasteiger partial charge in [-0.2, -0.15) is 0 Å². The summed E-state index contributed by atoms with van der Waals surface area (Å²) in [6.07, 6.45) is 1.60. The zero-order valence-corrected chi connectivity index (χ0v) is 19.5. The highest BCUT2D eigenvalue weighted by atomic mass is 16.7. The fraction of sp³-hybridized carbons (Fsp3) is 0.423. The lowest BCUT2D eigenvalue weighted by Crippen LogP contribution is -2.53. The number of hydrogen-bond acceptors (Lipinski definition) is 7. The van der Waals surface area contributed by atoms with Gasteiger partial charge in [0.1, 0.15) is 17.1 Å². The molecule has 0 aromatic heterocycles. The van der Waals surface area contributed by atoms with Gasteiger partial charge in [-0.1, -0.05) is 0 Å². The van der Waals surface area contributed by atoms with Crippen molar-refractivity contribution in [2.75, 3.05) is 38.4 Å². The van der Waals surface area contributed by atoms with Crippen molar-refractivity contribution in [2.24, 2.45) is 5.92 Å². The fourth-order valence-electron chi connectivity index (χ4n) is 5.45. The Morgan fingerprint density at radius 2 is 1.83 bits per heavy atom. The van der Waals surface area contributed by atoms with Crippen LogP contribution in [0.3, 0.4) is 0 Å². The Hall–Kier alpha value is -3.75. The maximum Gasteiger partial charge on any atom is 0.231 e. The summed E-state index contributed by atoms with van der Waals surface area (Å²) in [4.78, 5) is 42.3. The number of rotatable bonds is 3. The van der Waals surface area contributed by atoms with E-state index in [4.69, 9.17) is 18.9 Å². The van der Waals surface area contributed by atoms with Gasteiger partial charge in [-0.05, 0) is 24.3 Å². The molecule has 6 rings (SSSR count). The molecule has 4 aliphatic rings. The number of ether oxygens (including phenoxy) is 4. The molecule has 4 heterocycles. The predicted octanol–water partition coefficient (Wildman–Crippen LogP) is 2.80. The zero-order valence-electron chi connectivity index (χ0n) is 19.5. The molecule has 182 valence electrons. The standard InChI is InChI=1S/C26H26N2O7/c1-32-18-3-4-19-20(29)13-26(35-22(19)12-18)6-8-27(9-7-26)25(31)16-10-24(30)28(14-16)17-2-5-21-23(11-17)34-15-33-21/h2-5,11-12,16H,6-10,13-15H2,1H3. The van der Waals surface area contributed by atoms with Crippen LogP contribution >= 0.6 is 0 Å². The van der Waals surface area contributed by atoms with Crippen molar-refractivity contribution >= 4 is 23.3 Å². The maximum atomic E-state index is 13.3. The molecule has 35 heavy (non-hydrogen) atoms. The molecule has 4 aliphatic heterocycles. The van der Waals surface area contributed by atoms with Crippen molar-refractivity contribution < 1.29 is 33.3 Å². The Morgan fingerprint density at radius 1 is 1.03 bits per heavy atom. The van der Waals surface area contributed by atoms with E-state index in [0.717, 1.165) is 0 Å². The van der Waals surface area contributed by atoms with Gasteiger partial charge in [0.05, 0.1) is 25.0 Å². The lowest BCUT2D eigenvalue weighted by molar-refractivity contribution is -0.139. The van der Waals surface area contributed by atoms with Crippen LogP contribution in [0, 0.1) is 5.92 Å². The number of carbonyl (C=O) groups is 3. The minimum absolute atomic E-state index is 0.0272. The number of amides is 2. The summed E-state index contributed by atoms with van der Waals surface area (Å²) in [5, 5.41) is 0. The van der Waals surface area contributed by atoms with E-state index in [1.54, 1.807) is 47.2 Å². The first-order chi connectivity index (χ1) is 16.9. The smallest absolute Gasteiger partial charge is 0.231 e. The molecule has 9 nitrogen and oxygen atoms in total. The molecule has 0 saturated carbocycles. The topological polar surface area (TPSA) is 94.6 Å². The largest absolute Gasteiger partial charge is 0.497 e. The lowest BCUT2D eigenvalue weighted by Gasteiger charge is -2.44. The summed E-state index contributed by atoms with van der Waals surface area (Å²) >= 11 is 0. The molecule has 2 aromatic carbocycles. The molecule has 2 fully saturated rings. The number of carbonyl (C=O) groups excluding carboxylic acids is 3. The van der Waals surface area contributed by atoms with Gasteiger partial charge in [0.25, 0.3) is 0 Å². The van der Waals surface area contributed by atoms with Crippen LogP contribution in [0.1, 0.15) is 36.0 Å². The van der Waals surface area contributed by atoms with Crippen LogP contribution in [-0.4, -0.2) is 61.6 Å². The average Bonchev–Trinajstić information content (AvgIpc) is 3.49. The van der Waals surface area contributed by atoms with Gasteiger partial charge < -0.3 is 28.7 Å². The molecular weight excluding hydrogens is 452 g/mol. The summed E-state index contributed by atoms with van der Waals surface area (Å²) in [6, 6.07) is 10.6. The first-order valence-electron chi connectivity index (χ1n) is 11.8. The quantitative estimate of drug-likeness (QED) is 0.670. The van der Waals surface area contributed by atoms with Gasteiger partial charge >= 0.3 is 0 Å². The number of nitrogens with zero attached hydrogens (tertiary/aromatic N) is 2. The van der Waals surface area contributed by atoms with E-state index >= 15 is 0 Å². The van der Waals surface area contributed by atoms with Crippen molar-refractivity contribution in [3.8, 4) is 23.0 Å². The Kier molecular flexibility index (Phi) is 5.09. The number of ketones is 1. The zero-order chi connectivity index (χ0) is 24.2. The van der Waals surface area contributed by atoms with Crippen LogP contribution in [0.4, 0.5) is 5.69 Å². The second-order valence-corrected chi connectivity index (χ2v) is 9.52. The highest BCUT2D eigenvalue weighted by Crippen LogP contribution is 2.42. The monoisotopic (exact) mass is 478 g/mol. The highest BCUT2D eigenvalue weighted by molar-refractivity contribution is 6.01. The number of likely N-dealkylation sites (tertiary alicyclic amines) is 1.